The molecule has 22 heavy (non-hydrogen) atoms. The fourth-order valence-electron chi connectivity index (χ4n) is 1.96. The normalized spacial score (nSPS) is 10.3. The molecule has 6 heteroatoms. The highest BCUT2D eigenvalue weighted by atomic mass is 35.5. The van der Waals surface area contributed by atoms with Gasteiger partial charge in [0.25, 0.3) is 0 Å². The first kappa shape index (κ1) is 18.3. The number of nitrogen functional groups attached to an aromatic ring is 1. The second-order valence-corrected chi connectivity index (χ2v) is 5.60. The average Bonchev–Trinajstić information content (AvgIpc) is 2.49. The number of hydrogen-bond donors (Lipinski definition) is 2. The Kier molecular flexibility index (Phi) is 7.74. The van der Waals surface area contributed by atoms with E-state index in [-0.39, 0.29) is 0 Å². The molecule has 5 nitrogen and oxygen atoms in total. The van der Waals surface area contributed by atoms with E-state index in [4.69, 9.17) is 17.3 Å². The summed E-state index contributed by atoms with van der Waals surface area (Å²) in [6.07, 6.45) is 3.71. The van der Waals surface area contributed by atoms with Crippen molar-refractivity contribution in [1.29, 1.82) is 0 Å². The highest BCUT2D eigenvalue weighted by molar-refractivity contribution is 6.41. The minimum absolute atomic E-state index is 0.315. The van der Waals surface area contributed by atoms with Crippen LogP contribution in [0.4, 0.5) is 11.4 Å². The minimum atomic E-state index is -0.668. The quantitative estimate of drug-likeness (QED) is 0.596. The van der Waals surface area contributed by atoms with Gasteiger partial charge < -0.3 is 16.0 Å². The molecule has 1 aromatic rings. The standard InChI is InChI=1S/C16H24ClN3O2/c1-3-5-9-20(10-6-4-2)16(22)15(21)19-14-8-7-12(18)11-13(14)17/h7-8,11H,3-6,9-10,18H2,1-2H3,(H,19,21). The molecule has 0 spiro atoms. The van der Waals surface area contributed by atoms with Gasteiger partial charge in [0, 0.05) is 18.8 Å². The zero-order valence-corrected chi connectivity index (χ0v) is 13.9. The largest absolute Gasteiger partial charge is 0.399 e. The Hall–Kier alpha value is -1.75. The number of carbonyl (C=O) groups is 2. The molecule has 0 fully saturated rings. The molecule has 0 unspecified atom stereocenters. The Balaban J connectivity index is 2.73. The Morgan fingerprint density at radius 3 is 2.27 bits per heavy atom. The van der Waals surface area contributed by atoms with Crippen LogP contribution in [0.2, 0.25) is 5.02 Å². The van der Waals surface area contributed by atoms with Crippen LogP contribution in [0.3, 0.4) is 0 Å². The Bertz CT molecular complexity index is 512. The SMILES string of the molecule is CCCCN(CCCC)C(=O)C(=O)Nc1ccc(N)cc1Cl. The first-order valence-electron chi connectivity index (χ1n) is 7.64. The summed E-state index contributed by atoms with van der Waals surface area (Å²) < 4.78 is 0. The van der Waals surface area contributed by atoms with E-state index in [1.54, 1.807) is 17.0 Å². The fourth-order valence-corrected chi connectivity index (χ4v) is 2.20. The number of carbonyl (C=O) groups excluding carboxylic acids is 2. The van der Waals surface area contributed by atoms with Gasteiger partial charge >= 0.3 is 11.8 Å². The summed E-state index contributed by atoms with van der Waals surface area (Å²) >= 11 is 6.01. The molecule has 0 radical (unpaired) electrons. The Morgan fingerprint density at radius 2 is 1.77 bits per heavy atom. The molecule has 0 aliphatic heterocycles. The molecule has 0 saturated heterocycles. The molecule has 0 aliphatic carbocycles. The topological polar surface area (TPSA) is 75.4 Å². The van der Waals surface area contributed by atoms with E-state index in [0.29, 0.717) is 29.5 Å². The first-order chi connectivity index (χ1) is 10.5. The molecule has 1 aromatic carbocycles. The molecule has 0 atom stereocenters. The van der Waals surface area contributed by atoms with Crippen molar-refractivity contribution >= 4 is 34.8 Å². The number of amides is 2. The van der Waals surface area contributed by atoms with Crippen LogP contribution in [0, 0.1) is 0 Å². The van der Waals surface area contributed by atoms with E-state index in [1.807, 2.05) is 0 Å². The fraction of sp³-hybridized carbons (Fsp3) is 0.500. The van der Waals surface area contributed by atoms with Crippen molar-refractivity contribution in [3.05, 3.63) is 23.2 Å². The summed E-state index contributed by atoms with van der Waals surface area (Å²) in [4.78, 5) is 26.0. The molecular weight excluding hydrogens is 302 g/mol. The van der Waals surface area contributed by atoms with Gasteiger partial charge in [-0.2, -0.15) is 0 Å². The van der Waals surface area contributed by atoms with Crippen LogP contribution >= 0.6 is 11.6 Å². The number of unbranched alkanes of at least 4 members (excludes halogenated alkanes) is 2. The summed E-state index contributed by atoms with van der Waals surface area (Å²) in [6, 6.07) is 4.75. The molecule has 0 aliphatic rings. The highest BCUT2D eigenvalue weighted by Crippen LogP contribution is 2.24. The van der Waals surface area contributed by atoms with E-state index >= 15 is 0 Å². The monoisotopic (exact) mass is 325 g/mol. The third-order valence-electron chi connectivity index (χ3n) is 3.29. The summed E-state index contributed by atoms with van der Waals surface area (Å²) in [6.45, 7) is 5.30. The van der Waals surface area contributed by atoms with Crippen LogP contribution < -0.4 is 11.1 Å². The Labute approximate surface area is 136 Å². The first-order valence-corrected chi connectivity index (χ1v) is 8.02. The van der Waals surface area contributed by atoms with E-state index < -0.39 is 11.8 Å². The van der Waals surface area contributed by atoms with E-state index in [0.717, 1.165) is 25.7 Å². The molecule has 122 valence electrons. The van der Waals surface area contributed by atoms with Gasteiger partial charge in [0.05, 0.1) is 10.7 Å². The average molecular weight is 326 g/mol. The van der Waals surface area contributed by atoms with Crippen LogP contribution in [0.1, 0.15) is 39.5 Å². The molecule has 2 amide bonds. The van der Waals surface area contributed by atoms with Crippen molar-refractivity contribution in [2.24, 2.45) is 0 Å². The van der Waals surface area contributed by atoms with Crippen molar-refractivity contribution in [1.82, 2.24) is 4.90 Å². The van der Waals surface area contributed by atoms with Gasteiger partial charge in [-0.1, -0.05) is 38.3 Å². The van der Waals surface area contributed by atoms with Crippen LogP contribution in [-0.2, 0) is 9.59 Å². The number of anilines is 2. The molecule has 1 rings (SSSR count). The van der Waals surface area contributed by atoms with Crippen LogP contribution in [-0.4, -0.2) is 29.8 Å². The maximum atomic E-state index is 12.3. The van der Waals surface area contributed by atoms with Crippen LogP contribution in [0.25, 0.3) is 0 Å². The van der Waals surface area contributed by atoms with Crippen LogP contribution in [0.15, 0.2) is 18.2 Å². The number of hydrogen-bond acceptors (Lipinski definition) is 3. The van der Waals surface area contributed by atoms with Gasteiger partial charge in [0.1, 0.15) is 0 Å². The van der Waals surface area contributed by atoms with Crippen molar-refractivity contribution in [3.63, 3.8) is 0 Å². The minimum Gasteiger partial charge on any atom is -0.399 e. The van der Waals surface area contributed by atoms with E-state index in [1.165, 1.54) is 6.07 Å². The molecule has 0 bridgehead atoms. The number of nitrogens with one attached hydrogen (secondary N) is 1. The number of halogens is 1. The van der Waals surface area contributed by atoms with Gasteiger partial charge in [-0.25, -0.2) is 0 Å². The smallest absolute Gasteiger partial charge is 0.313 e. The maximum absolute atomic E-state index is 12.3. The Morgan fingerprint density at radius 1 is 1.18 bits per heavy atom. The summed E-state index contributed by atoms with van der Waals surface area (Å²) in [5.74, 6) is -1.19. The second-order valence-electron chi connectivity index (χ2n) is 5.19. The van der Waals surface area contributed by atoms with Gasteiger partial charge in [-0.05, 0) is 31.0 Å². The zero-order valence-electron chi connectivity index (χ0n) is 13.2. The highest BCUT2D eigenvalue weighted by Gasteiger charge is 2.21. The molecular formula is C16H24ClN3O2. The number of rotatable bonds is 7. The molecule has 3 N–H and O–H groups in total. The van der Waals surface area contributed by atoms with E-state index in [2.05, 4.69) is 19.2 Å². The van der Waals surface area contributed by atoms with Crippen molar-refractivity contribution in [2.75, 3.05) is 24.1 Å². The molecule has 0 aromatic heterocycles. The van der Waals surface area contributed by atoms with Crippen LogP contribution in [0.5, 0.6) is 0 Å². The number of nitrogens with zero attached hydrogens (tertiary/aromatic N) is 1. The summed E-state index contributed by atoms with van der Waals surface area (Å²) in [5.41, 5.74) is 6.49. The lowest BCUT2D eigenvalue weighted by Gasteiger charge is -2.21. The summed E-state index contributed by atoms with van der Waals surface area (Å²) in [7, 11) is 0. The van der Waals surface area contributed by atoms with Crippen molar-refractivity contribution in [3.8, 4) is 0 Å². The predicted molar refractivity (Wildman–Crippen MR) is 90.9 cm³/mol. The van der Waals surface area contributed by atoms with E-state index in [9.17, 15) is 9.59 Å². The third kappa shape index (κ3) is 5.56. The number of benzene rings is 1. The van der Waals surface area contributed by atoms with Gasteiger partial charge in [-0.3, -0.25) is 9.59 Å². The third-order valence-corrected chi connectivity index (χ3v) is 3.60. The number of nitrogens with two attached hydrogens (primary N) is 1. The van der Waals surface area contributed by atoms with Gasteiger partial charge in [-0.15, -0.1) is 0 Å². The van der Waals surface area contributed by atoms with Crippen molar-refractivity contribution < 1.29 is 9.59 Å². The molecule has 0 heterocycles. The molecule has 0 saturated carbocycles. The lowest BCUT2D eigenvalue weighted by atomic mass is 10.2. The lowest BCUT2D eigenvalue weighted by molar-refractivity contribution is -0.143. The summed E-state index contributed by atoms with van der Waals surface area (Å²) in [5, 5.41) is 2.87. The maximum Gasteiger partial charge on any atom is 0.313 e. The van der Waals surface area contributed by atoms with Gasteiger partial charge in [0.2, 0.25) is 0 Å². The second kappa shape index (κ2) is 9.30. The predicted octanol–water partition coefficient (Wildman–Crippen LogP) is 3.29. The van der Waals surface area contributed by atoms with Crippen molar-refractivity contribution in [2.45, 2.75) is 39.5 Å². The van der Waals surface area contributed by atoms with Gasteiger partial charge in [0.15, 0.2) is 0 Å². The lowest BCUT2D eigenvalue weighted by Crippen LogP contribution is -2.40. The zero-order chi connectivity index (χ0) is 16.5.